The molecule has 0 amide bonds. The molecule has 4 atom stereocenters. The molecule has 4 aliphatic carbocycles. The van der Waals surface area contributed by atoms with E-state index in [9.17, 15) is 26.4 Å². The lowest BCUT2D eigenvalue weighted by Crippen LogP contribution is -2.43. The molecule has 0 radical (unpaired) electrons. The minimum absolute atomic E-state index is 0.0130. The summed E-state index contributed by atoms with van der Waals surface area (Å²) in [6, 6.07) is 37.9. The predicted octanol–water partition coefficient (Wildman–Crippen LogP) is 11.2. The van der Waals surface area contributed by atoms with Crippen LogP contribution in [0.1, 0.15) is 66.2 Å². The minimum Gasteiger partial charge on any atom is -0.382 e. The Labute approximate surface area is 363 Å². The Hall–Kier alpha value is -5.32. The first kappa shape index (κ1) is 40.7. The van der Waals surface area contributed by atoms with E-state index in [1.165, 1.54) is 0 Å². The van der Waals surface area contributed by atoms with Crippen molar-refractivity contribution in [2.45, 2.75) is 66.2 Å². The third kappa shape index (κ3) is 6.10. The van der Waals surface area contributed by atoms with Crippen molar-refractivity contribution >= 4 is 53.3 Å². The Balaban J connectivity index is 1.23. The fourth-order valence-corrected chi connectivity index (χ4v) is 15.7. The molecule has 0 saturated heterocycles. The number of hydrogen-bond acceptors (Lipinski definition) is 8. The second kappa shape index (κ2) is 14.1. The zero-order chi connectivity index (χ0) is 43.5. The first-order chi connectivity index (χ1) is 29.5. The third-order valence-corrected chi connectivity index (χ3v) is 18.6. The molecule has 4 bridgehead atoms. The fourth-order valence-electron chi connectivity index (χ4n) is 12.2. The van der Waals surface area contributed by atoms with Crippen molar-refractivity contribution in [1.82, 2.24) is 0 Å². The minimum atomic E-state index is -4.48. The van der Waals surface area contributed by atoms with Gasteiger partial charge in [-0.25, -0.2) is 0 Å². The van der Waals surface area contributed by atoms with Crippen molar-refractivity contribution in [2.75, 3.05) is 11.5 Å². The van der Waals surface area contributed by atoms with Crippen LogP contribution in [-0.4, -0.2) is 39.9 Å². The van der Waals surface area contributed by atoms with Crippen LogP contribution in [0.15, 0.2) is 121 Å². The van der Waals surface area contributed by atoms with Gasteiger partial charge in [0.2, 0.25) is 0 Å². The average Bonchev–Trinajstić information content (AvgIpc) is 3.77. The quantitative estimate of drug-likeness (QED) is 0.118. The first-order valence-electron chi connectivity index (χ1n) is 21.6. The van der Waals surface area contributed by atoms with Crippen LogP contribution in [0.5, 0.6) is 11.5 Å². The van der Waals surface area contributed by atoms with E-state index in [0.29, 0.717) is 58.7 Å². The number of Topliss-reactive ketones (excluding diaryl/α,β-unsaturated/α-hetero) is 2. The molecule has 62 heavy (non-hydrogen) atoms. The maximum Gasteiger partial charge on any atom is 0.310 e. The van der Waals surface area contributed by atoms with Gasteiger partial charge in [-0.05, 0) is 104 Å². The number of carbonyl (C=O) groups excluding carboxylic acids is 2. The molecule has 4 aliphatic rings. The van der Waals surface area contributed by atoms with Gasteiger partial charge in [-0.3, -0.25) is 9.59 Å². The zero-order valence-electron chi connectivity index (χ0n) is 35.4. The van der Waals surface area contributed by atoms with Crippen molar-refractivity contribution in [3.8, 4) is 44.9 Å². The molecule has 0 aliphatic heterocycles. The number of rotatable bonds is 11. The highest BCUT2D eigenvalue weighted by atomic mass is 32.2. The average molecular weight is 867 g/mol. The molecular formula is C52H50O8S2. The molecule has 0 N–H and O–H groups in total. The number of hydrogen-bond donors (Lipinski definition) is 0. The summed E-state index contributed by atoms with van der Waals surface area (Å²) in [6.07, 6.45) is 3.17. The van der Waals surface area contributed by atoms with Gasteiger partial charge in [-0.2, -0.15) is 16.8 Å². The molecular weight excluding hydrogens is 817 g/mol. The van der Waals surface area contributed by atoms with E-state index in [0.717, 1.165) is 34.7 Å². The maximum absolute atomic E-state index is 14.8. The van der Waals surface area contributed by atoms with E-state index in [2.05, 4.69) is 0 Å². The maximum atomic E-state index is 14.8. The van der Waals surface area contributed by atoms with E-state index >= 15 is 0 Å². The summed E-state index contributed by atoms with van der Waals surface area (Å²) in [6.45, 7) is 7.98. The van der Waals surface area contributed by atoms with E-state index in [1.54, 1.807) is 12.1 Å². The van der Waals surface area contributed by atoms with E-state index in [-0.39, 0.29) is 34.9 Å². The van der Waals surface area contributed by atoms with Crippen LogP contribution in [0, 0.1) is 33.5 Å². The summed E-state index contributed by atoms with van der Waals surface area (Å²) in [5.41, 5.74) is 0.487. The van der Waals surface area contributed by atoms with Crippen molar-refractivity contribution in [1.29, 1.82) is 0 Å². The van der Waals surface area contributed by atoms with Crippen LogP contribution < -0.4 is 8.37 Å². The molecule has 6 aromatic rings. The van der Waals surface area contributed by atoms with E-state index < -0.39 is 53.4 Å². The fraction of sp³-hybridized carbons (Fsp3) is 0.346. The Kier molecular flexibility index (Phi) is 9.26. The van der Waals surface area contributed by atoms with Crippen LogP contribution >= 0.6 is 0 Å². The van der Waals surface area contributed by atoms with Crippen LogP contribution in [-0.2, 0) is 29.8 Å². The molecule has 0 aromatic heterocycles. The van der Waals surface area contributed by atoms with Crippen LogP contribution in [0.25, 0.3) is 54.9 Å². The van der Waals surface area contributed by atoms with Gasteiger partial charge in [-0.1, -0.05) is 137 Å². The number of ketones is 2. The molecule has 6 aromatic carbocycles. The van der Waals surface area contributed by atoms with Gasteiger partial charge in [-0.15, -0.1) is 0 Å². The van der Waals surface area contributed by atoms with Crippen molar-refractivity contribution in [3.05, 3.63) is 121 Å². The van der Waals surface area contributed by atoms with Gasteiger partial charge in [0.05, 0.1) is 22.3 Å². The van der Waals surface area contributed by atoms with Crippen molar-refractivity contribution in [3.63, 3.8) is 0 Å². The van der Waals surface area contributed by atoms with E-state index in [1.807, 2.05) is 137 Å². The molecule has 4 unspecified atom stereocenters. The highest BCUT2D eigenvalue weighted by molar-refractivity contribution is 7.87. The lowest BCUT2D eigenvalue weighted by atomic mass is 9.70. The van der Waals surface area contributed by atoms with Gasteiger partial charge in [0, 0.05) is 24.0 Å². The summed E-state index contributed by atoms with van der Waals surface area (Å²) in [7, 11) is -8.95. The monoisotopic (exact) mass is 866 g/mol. The molecule has 8 nitrogen and oxygen atoms in total. The first-order valence-corrected chi connectivity index (χ1v) is 24.8. The molecule has 0 spiro atoms. The second-order valence-corrected chi connectivity index (χ2v) is 22.5. The topological polar surface area (TPSA) is 121 Å². The predicted molar refractivity (Wildman–Crippen MR) is 244 cm³/mol. The highest BCUT2D eigenvalue weighted by Gasteiger charge is 2.67. The molecule has 318 valence electrons. The standard InChI is InChI=1S/C52H50O8S2/c1-49(2)35-23-25-51(49,45(53)27-35)31-61(55,56)59-43-29-41(33-15-7-5-8-16-33)37-19-11-13-21-39(37)47(43)48-40-22-14-12-20-38(40)42(34-17-9-6-10-18-34)30-44(48)60-62(57,58)32-52-26-24-36(28-46(52)54)50(52,3)4/h5-22,29-30,35-36H,23-28,31-32H2,1-4H3. The number of fused-ring (bicyclic) bond motifs is 6. The molecule has 0 heterocycles. The van der Waals surface area contributed by atoms with Gasteiger partial charge < -0.3 is 8.37 Å². The third-order valence-electron chi connectivity index (χ3n) is 16.0. The Morgan fingerprint density at radius 3 is 1.16 bits per heavy atom. The lowest BCUT2D eigenvalue weighted by Gasteiger charge is -2.36. The van der Waals surface area contributed by atoms with Gasteiger partial charge in [0.15, 0.2) is 11.5 Å². The normalized spacial score (nSPS) is 24.9. The number of benzene rings is 6. The summed E-state index contributed by atoms with van der Waals surface area (Å²) >= 11 is 0. The lowest BCUT2D eigenvalue weighted by molar-refractivity contribution is -0.128. The summed E-state index contributed by atoms with van der Waals surface area (Å²) < 4.78 is 71.9. The zero-order valence-corrected chi connectivity index (χ0v) is 37.1. The second-order valence-electron chi connectivity index (χ2n) is 19.3. The number of carbonyl (C=O) groups is 2. The van der Waals surface area contributed by atoms with E-state index in [4.69, 9.17) is 8.37 Å². The summed E-state index contributed by atoms with van der Waals surface area (Å²) in [4.78, 5) is 27.4. The highest BCUT2D eigenvalue weighted by Crippen LogP contribution is 2.66. The van der Waals surface area contributed by atoms with Gasteiger partial charge in [0.1, 0.15) is 11.6 Å². The van der Waals surface area contributed by atoms with Crippen molar-refractivity contribution < 1.29 is 34.8 Å². The summed E-state index contributed by atoms with van der Waals surface area (Å²) in [5.74, 6) is -0.878. The van der Waals surface area contributed by atoms with Gasteiger partial charge in [0.25, 0.3) is 0 Å². The SMILES string of the molecule is CC1(C)C2CCC1(CS(=O)(=O)Oc1cc(-c3ccccc3)c3ccccc3c1-c1c(OS(=O)(=O)CC34CCC(CC3=O)C4(C)C)cc(-c3ccccc3)c3ccccc13)C(=O)C2. The van der Waals surface area contributed by atoms with Crippen LogP contribution in [0.4, 0.5) is 0 Å². The Morgan fingerprint density at radius 2 is 0.839 bits per heavy atom. The molecule has 10 rings (SSSR count). The van der Waals surface area contributed by atoms with Crippen LogP contribution in [0.2, 0.25) is 0 Å². The molecule has 4 saturated carbocycles. The molecule has 4 fully saturated rings. The molecule has 10 heteroatoms. The van der Waals surface area contributed by atoms with Gasteiger partial charge >= 0.3 is 20.2 Å². The van der Waals surface area contributed by atoms with Crippen LogP contribution in [0.3, 0.4) is 0 Å². The smallest absolute Gasteiger partial charge is 0.310 e. The largest absolute Gasteiger partial charge is 0.382 e. The Bertz CT molecular complexity index is 2860. The van der Waals surface area contributed by atoms with Crippen molar-refractivity contribution in [2.24, 2.45) is 33.5 Å². The summed E-state index contributed by atoms with van der Waals surface area (Å²) in [5, 5.41) is 2.78. The Morgan fingerprint density at radius 1 is 0.500 bits per heavy atom.